The van der Waals surface area contributed by atoms with Crippen LogP contribution in [-0.2, 0) is 0 Å². The number of aromatic nitrogens is 3. The van der Waals surface area contributed by atoms with Crippen LogP contribution in [0.5, 0.6) is 11.8 Å². The molecule has 1 aromatic heterocycles. The van der Waals surface area contributed by atoms with Gasteiger partial charge >= 0.3 is 0 Å². The topological polar surface area (TPSA) is 60.0 Å². The molecule has 2 aromatic rings. The molecule has 0 aliphatic rings. The van der Waals surface area contributed by atoms with Crippen molar-refractivity contribution in [2.24, 2.45) is 0 Å². The van der Waals surface area contributed by atoms with E-state index in [2.05, 4.69) is 21.0 Å². The van der Waals surface area contributed by atoms with E-state index in [0.29, 0.717) is 11.8 Å². The van der Waals surface area contributed by atoms with Crippen molar-refractivity contribution in [2.45, 2.75) is 13.8 Å². The maximum absolute atomic E-state index is 5.42. The minimum atomic E-state index is 0.229. The quantitative estimate of drug-likeness (QED) is 0.874. The van der Waals surface area contributed by atoms with Crippen molar-refractivity contribution in [1.29, 1.82) is 0 Å². The van der Waals surface area contributed by atoms with Gasteiger partial charge in [-0.25, -0.2) is 0 Å². The highest BCUT2D eigenvalue weighted by atomic mass is 32.1. The lowest BCUT2D eigenvalue weighted by molar-refractivity contribution is 0.377. The lowest BCUT2D eigenvalue weighted by Gasteiger charge is -2.12. The number of aryl methyl sites for hydroxylation is 2. The lowest BCUT2D eigenvalue weighted by Crippen LogP contribution is -2.01. The first kappa shape index (κ1) is 13.5. The molecule has 1 aromatic carbocycles. The number of benzene rings is 1. The third kappa shape index (κ3) is 2.73. The summed E-state index contributed by atoms with van der Waals surface area (Å²) in [5, 5.41) is 0. The summed E-state index contributed by atoms with van der Waals surface area (Å²) in [5.74, 6) is 1.33. The molecule has 5 nitrogen and oxygen atoms in total. The fourth-order valence-corrected chi connectivity index (χ4v) is 2.15. The van der Waals surface area contributed by atoms with Gasteiger partial charge in [0.05, 0.1) is 19.8 Å². The van der Waals surface area contributed by atoms with E-state index >= 15 is 0 Å². The van der Waals surface area contributed by atoms with E-state index in [1.807, 2.05) is 19.9 Å². The summed E-state index contributed by atoms with van der Waals surface area (Å²) in [7, 11) is 3.15. The number of H-pyrrole nitrogens is 1. The molecule has 19 heavy (non-hydrogen) atoms. The smallest absolute Gasteiger partial charge is 0.297 e. The molecule has 2 rings (SSSR count). The molecule has 0 saturated carbocycles. The zero-order valence-corrected chi connectivity index (χ0v) is 12.1. The van der Waals surface area contributed by atoms with Crippen LogP contribution in [0.15, 0.2) is 12.1 Å². The molecule has 100 valence electrons. The Bertz CT molecular complexity index is 667. The van der Waals surface area contributed by atoms with Crippen LogP contribution in [0.2, 0.25) is 0 Å². The van der Waals surface area contributed by atoms with Crippen molar-refractivity contribution in [3.63, 3.8) is 0 Å². The van der Waals surface area contributed by atoms with E-state index in [0.717, 1.165) is 22.4 Å². The average molecular weight is 277 g/mol. The summed E-state index contributed by atoms with van der Waals surface area (Å²) in [6.45, 7) is 4.01. The summed E-state index contributed by atoms with van der Waals surface area (Å²) in [6.07, 6.45) is 0. The van der Waals surface area contributed by atoms with E-state index in [9.17, 15) is 0 Å². The van der Waals surface area contributed by atoms with Gasteiger partial charge in [-0.05, 0) is 43.3 Å². The Morgan fingerprint density at radius 2 is 1.84 bits per heavy atom. The highest BCUT2D eigenvalue weighted by molar-refractivity contribution is 7.71. The van der Waals surface area contributed by atoms with Crippen LogP contribution in [0, 0.1) is 18.6 Å². The van der Waals surface area contributed by atoms with Gasteiger partial charge in [-0.3, -0.25) is 4.98 Å². The van der Waals surface area contributed by atoms with E-state index in [4.69, 9.17) is 21.7 Å². The van der Waals surface area contributed by atoms with Gasteiger partial charge < -0.3 is 9.47 Å². The molecule has 0 radical (unpaired) electrons. The fraction of sp³-hybridized carbons (Fsp3) is 0.308. The van der Waals surface area contributed by atoms with Gasteiger partial charge in [-0.1, -0.05) is 6.07 Å². The zero-order chi connectivity index (χ0) is 14.0. The van der Waals surface area contributed by atoms with Crippen LogP contribution in [0.3, 0.4) is 0 Å². The Balaban J connectivity index is 2.71. The summed E-state index contributed by atoms with van der Waals surface area (Å²) in [5.41, 5.74) is 3.03. The summed E-state index contributed by atoms with van der Waals surface area (Å²) in [6, 6.07) is 4.34. The normalized spacial score (nSPS) is 10.3. The fourth-order valence-electron chi connectivity index (χ4n) is 1.97. The number of rotatable bonds is 3. The minimum Gasteiger partial charge on any atom is -0.496 e. The van der Waals surface area contributed by atoms with Gasteiger partial charge in [-0.2, -0.15) is 9.97 Å². The van der Waals surface area contributed by atoms with Crippen LogP contribution >= 0.6 is 12.2 Å². The van der Waals surface area contributed by atoms with Crippen molar-refractivity contribution in [2.75, 3.05) is 14.2 Å². The van der Waals surface area contributed by atoms with Crippen LogP contribution < -0.4 is 9.47 Å². The van der Waals surface area contributed by atoms with Crippen LogP contribution in [0.1, 0.15) is 11.1 Å². The molecule has 1 heterocycles. The monoisotopic (exact) mass is 277 g/mol. The van der Waals surface area contributed by atoms with Gasteiger partial charge in [0.25, 0.3) is 6.01 Å². The van der Waals surface area contributed by atoms with Crippen molar-refractivity contribution < 1.29 is 9.47 Å². The zero-order valence-electron chi connectivity index (χ0n) is 11.3. The molecule has 0 fully saturated rings. The molecule has 0 atom stereocenters. The van der Waals surface area contributed by atoms with Crippen molar-refractivity contribution in [3.05, 3.63) is 28.0 Å². The predicted molar refractivity (Wildman–Crippen MR) is 75.2 cm³/mol. The van der Waals surface area contributed by atoms with E-state index in [1.54, 1.807) is 7.11 Å². The van der Waals surface area contributed by atoms with Gasteiger partial charge in [-0.15, -0.1) is 0 Å². The minimum absolute atomic E-state index is 0.229. The molecule has 0 amide bonds. The first-order chi connectivity index (χ1) is 9.05. The molecule has 0 unspecified atom stereocenters. The molecule has 0 bridgehead atoms. The third-order valence-corrected chi connectivity index (χ3v) is 2.91. The van der Waals surface area contributed by atoms with Crippen LogP contribution in [-0.4, -0.2) is 29.2 Å². The highest BCUT2D eigenvalue weighted by Crippen LogP contribution is 2.32. The van der Waals surface area contributed by atoms with Gasteiger partial charge in [0, 0.05) is 0 Å². The second-order valence-electron chi connectivity index (χ2n) is 4.15. The third-order valence-electron chi connectivity index (χ3n) is 2.72. The number of nitrogens with one attached hydrogen (secondary N) is 1. The van der Waals surface area contributed by atoms with Crippen molar-refractivity contribution in [1.82, 2.24) is 15.0 Å². The molecule has 0 aliphatic carbocycles. The molecular formula is C13H15N3O2S. The molecular weight excluding hydrogens is 262 g/mol. The number of methoxy groups -OCH3 is 2. The summed E-state index contributed by atoms with van der Waals surface area (Å²) < 4.78 is 10.7. The number of aromatic amines is 1. The molecule has 0 aliphatic heterocycles. The number of nitrogens with zero attached hydrogens (tertiary/aromatic N) is 2. The van der Waals surface area contributed by atoms with E-state index in [1.165, 1.54) is 7.11 Å². The van der Waals surface area contributed by atoms with Crippen LogP contribution in [0.25, 0.3) is 11.4 Å². The predicted octanol–water partition coefficient (Wildman–Crippen LogP) is 2.84. The second-order valence-corrected chi connectivity index (χ2v) is 4.51. The molecule has 1 N–H and O–H groups in total. The second kappa shape index (κ2) is 5.36. The Morgan fingerprint density at radius 3 is 2.47 bits per heavy atom. The largest absolute Gasteiger partial charge is 0.496 e. The maximum atomic E-state index is 5.42. The highest BCUT2D eigenvalue weighted by Gasteiger charge is 2.13. The standard InChI is InChI=1S/C13H15N3O2S/c1-7-5-8(2)10(9(6-7)17-3)11-14-12(18-4)16-13(19)15-11/h5-6H,1-4H3,(H,14,15,16,19). The molecule has 0 spiro atoms. The number of hydrogen-bond acceptors (Lipinski definition) is 5. The lowest BCUT2D eigenvalue weighted by atomic mass is 10.0. The van der Waals surface area contributed by atoms with E-state index < -0.39 is 0 Å². The van der Waals surface area contributed by atoms with Gasteiger partial charge in [0.1, 0.15) is 11.6 Å². The van der Waals surface area contributed by atoms with Gasteiger partial charge in [0.15, 0.2) is 0 Å². The Morgan fingerprint density at radius 1 is 1.11 bits per heavy atom. The Labute approximate surface area is 116 Å². The van der Waals surface area contributed by atoms with Crippen LogP contribution in [0.4, 0.5) is 0 Å². The summed E-state index contributed by atoms with van der Waals surface area (Å²) in [4.78, 5) is 11.2. The first-order valence-corrected chi connectivity index (χ1v) is 6.14. The summed E-state index contributed by atoms with van der Waals surface area (Å²) >= 11 is 5.04. The van der Waals surface area contributed by atoms with E-state index in [-0.39, 0.29) is 4.77 Å². The average Bonchev–Trinajstić information content (AvgIpc) is 2.36. The van der Waals surface area contributed by atoms with Crippen molar-refractivity contribution >= 4 is 12.2 Å². The Hall–Kier alpha value is -1.95. The van der Waals surface area contributed by atoms with Gasteiger partial charge in [0.2, 0.25) is 4.77 Å². The Kier molecular flexibility index (Phi) is 3.80. The number of hydrogen-bond donors (Lipinski definition) is 1. The maximum Gasteiger partial charge on any atom is 0.297 e. The molecule has 6 heteroatoms. The number of ether oxygens (including phenoxy) is 2. The SMILES string of the molecule is COc1nc(=S)nc(-c2c(C)cc(C)cc2OC)[nH]1. The van der Waals surface area contributed by atoms with Crippen molar-refractivity contribution in [3.8, 4) is 23.1 Å². The molecule has 0 saturated heterocycles. The first-order valence-electron chi connectivity index (χ1n) is 5.73.